The van der Waals surface area contributed by atoms with Crippen LogP contribution in [0.5, 0.6) is 0 Å². The van der Waals surface area contributed by atoms with Crippen LogP contribution in [-0.4, -0.2) is 68.9 Å². The van der Waals surface area contributed by atoms with Crippen molar-refractivity contribution >= 4 is 30.5 Å². The van der Waals surface area contributed by atoms with E-state index in [1.165, 1.54) is 6.92 Å². The van der Waals surface area contributed by atoms with E-state index in [0.717, 1.165) is 0 Å². The van der Waals surface area contributed by atoms with Gasteiger partial charge in [0.15, 0.2) is 11.9 Å². The Hall–Kier alpha value is -1.36. The molecule has 3 atom stereocenters. The minimum atomic E-state index is -1.42. The van der Waals surface area contributed by atoms with Gasteiger partial charge in [-0.2, -0.15) is 5.75 Å². The molecule has 0 aromatic carbocycles. The van der Waals surface area contributed by atoms with Crippen molar-refractivity contribution in [2.24, 2.45) is 0 Å². The van der Waals surface area contributed by atoms with E-state index in [-0.39, 0.29) is 25.2 Å². The summed E-state index contributed by atoms with van der Waals surface area (Å²) in [6.45, 7) is 0.552. The first-order valence-electron chi connectivity index (χ1n) is 5.83. The molecule has 0 aliphatic carbocycles. The first kappa shape index (κ1) is 23.9. The Kier molecular flexibility index (Phi) is 11.7. The third-order valence-electron chi connectivity index (χ3n) is 2.30. The van der Waals surface area contributed by atoms with Crippen molar-refractivity contribution in [3.8, 4) is 0 Å². The van der Waals surface area contributed by atoms with Crippen molar-refractivity contribution in [1.29, 1.82) is 0 Å². The van der Waals surface area contributed by atoms with Crippen LogP contribution in [0.4, 0.5) is 0 Å². The summed E-state index contributed by atoms with van der Waals surface area (Å²) in [6.07, 6.45) is -2.78. The van der Waals surface area contributed by atoms with Crippen molar-refractivity contribution in [3.63, 3.8) is 0 Å². The summed E-state index contributed by atoms with van der Waals surface area (Å²) in [5.74, 6) is -4.61. The van der Waals surface area contributed by atoms with Gasteiger partial charge in [0.05, 0.1) is 12.6 Å². The Bertz CT molecular complexity index is 470. The maximum atomic E-state index is 10.5. The summed E-state index contributed by atoms with van der Waals surface area (Å²) in [4.78, 5) is 30.9. The number of hydrogen-bond acceptors (Lipinski definition) is 10. The van der Waals surface area contributed by atoms with Crippen LogP contribution in [0.15, 0.2) is 11.5 Å². The summed E-state index contributed by atoms with van der Waals surface area (Å²) in [7, 11) is 0. The number of carboxylic acids is 1. The number of amides is 1. The molecule has 1 heterocycles. The summed E-state index contributed by atoms with van der Waals surface area (Å²) >= 11 is 4.43. The molecule has 0 spiro atoms. The fourth-order valence-electron chi connectivity index (χ4n) is 1.24. The Morgan fingerprint density at radius 3 is 2.17 bits per heavy atom. The standard InChI is InChI=1S/C6H8O6.C5H9NO3S.Zn/c7-1-2(8)5-3(9)4(10)6(11)12-5;1-3(7)6-4(2-10)5(8)9;/h2,5,7-10H,1H2;4,10H,2H2,1H3,(H,6,7)(H,8,9);/q;;+2/p-2. The number of carbonyl (C=O) groups is 3. The molecule has 3 unspecified atom stereocenters. The largest absolute Gasteiger partial charge is 2.00 e. The average Bonchev–Trinajstić information content (AvgIpc) is 2.71. The zero-order valence-electron chi connectivity index (χ0n) is 12.1. The molecule has 1 amide bonds. The summed E-state index contributed by atoms with van der Waals surface area (Å²) < 4.78 is 4.32. The van der Waals surface area contributed by atoms with E-state index in [2.05, 4.69) is 22.7 Å². The van der Waals surface area contributed by atoms with Crippen LogP contribution in [0, 0.1) is 0 Å². The van der Waals surface area contributed by atoms with E-state index >= 15 is 0 Å². The summed E-state index contributed by atoms with van der Waals surface area (Å²) in [6, 6.07) is -1.03. The number of cyclic esters (lactones) is 1. The molecule has 0 radical (unpaired) electrons. The number of carbonyl (C=O) groups excluding carboxylic acids is 3. The maximum Gasteiger partial charge on any atom is 2.00 e. The summed E-state index contributed by atoms with van der Waals surface area (Å²) in [5, 5.41) is 47.2. The van der Waals surface area contributed by atoms with Gasteiger partial charge in [-0.05, 0) is 0 Å². The molecule has 1 aliphatic rings. The number of nitrogens with one attached hydrogen (secondary N) is 1. The first-order chi connectivity index (χ1) is 10.1. The second-order valence-electron chi connectivity index (χ2n) is 4.05. The van der Waals surface area contributed by atoms with Crippen molar-refractivity contribution in [2.75, 3.05) is 12.4 Å². The van der Waals surface area contributed by atoms with Gasteiger partial charge in [0.2, 0.25) is 11.7 Å². The number of aliphatic hydroxyl groups is 4. The first-order valence-corrected chi connectivity index (χ1v) is 6.41. The average molecular weight is 403 g/mol. The molecule has 0 saturated heterocycles. The quantitative estimate of drug-likeness (QED) is 0.175. The van der Waals surface area contributed by atoms with Crippen molar-refractivity contribution in [2.45, 2.75) is 25.2 Å². The Labute approximate surface area is 149 Å². The van der Waals surface area contributed by atoms with Gasteiger partial charge in [-0.25, -0.2) is 4.79 Å². The molecule has 0 saturated carbocycles. The van der Waals surface area contributed by atoms with E-state index in [4.69, 9.17) is 20.4 Å². The Morgan fingerprint density at radius 1 is 1.43 bits per heavy atom. The van der Waals surface area contributed by atoms with E-state index in [1.807, 2.05) is 0 Å². The fraction of sp³-hybridized carbons (Fsp3) is 0.545. The van der Waals surface area contributed by atoms with Gasteiger partial charge in [0, 0.05) is 13.0 Å². The minimum Gasteiger partial charge on any atom is -0.790 e. The van der Waals surface area contributed by atoms with Crippen molar-refractivity contribution < 1.29 is 64.1 Å². The topological polar surface area (TPSA) is 176 Å². The van der Waals surface area contributed by atoms with Gasteiger partial charge in [-0.3, -0.25) is 4.79 Å². The second kappa shape index (κ2) is 11.2. The molecule has 0 aromatic heterocycles. The molecule has 23 heavy (non-hydrogen) atoms. The zero-order valence-corrected chi connectivity index (χ0v) is 15.9. The van der Waals surface area contributed by atoms with Gasteiger partial charge >= 0.3 is 25.4 Å². The predicted octanol–water partition coefficient (Wildman–Crippen LogP) is -3.62. The van der Waals surface area contributed by atoms with Gasteiger partial charge in [-0.15, -0.1) is 0 Å². The van der Waals surface area contributed by atoms with Gasteiger partial charge in [0.25, 0.3) is 0 Å². The number of aliphatic hydroxyl groups excluding tert-OH is 4. The minimum absolute atomic E-state index is 0. The van der Waals surface area contributed by atoms with Crippen LogP contribution in [0.3, 0.4) is 0 Å². The van der Waals surface area contributed by atoms with E-state index < -0.39 is 54.2 Å². The van der Waals surface area contributed by atoms with Crippen LogP contribution in [0.25, 0.3) is 0 Å². The monoisotopic (exact) mass is 401 g/mol. The van der Waals surface area contributed by atoms with Crippen LogP contribution in [0.2, 0.25) is 0 Å². The number of esters is 1. The number of carboxylic acid groups (broad SMARTS) is 1. The Balaban J connectivity index is 0. The van der Waals surface area contributed by atoms with Crippen LogP contribution < -0.4 is 10.4 Å². The number of aliphatic carboxylic acids is 1. The number of rotatable bonds is 5. The molecule has 10 nitrogen and oxygen atoms in total. The normalized spacial score (nSPS) is 18.8. The molecular weight excluding hydrogens is 388 g/mol. The van der Waals surface area contributed by atoms with Gasteiger partial charge < -0.3 is 53.0 Å². The predicted molar refractivity (Wildman–Crippen MR) is 70.1 cm³/mol. The van der Waals surface area contributed by atoms with Gasteiger partial charge in [-0.1, -0.05) is 0 Å². The van der Waals surface area contributed by atoms with E-state index in [9.17, 15) is 19.5 Å². The zero-order chi connectivity index (χ0) is 17.4. The molecule has 5 N–H and O–H groups in total. The van der Waals surface area contributed by atoms with E-state index in [1.54, 1.807) is 0 Å². The number of hydrogen-bond donors (Lipinski definition) is 5. The van der Waals surface area contributed by atoms with E-state index in [0.29, 0.717) is 0 Å². The third kappa shape index (κ3) is 7.64. The van der Waals surface area contributed by atoms with Gasteiger partial charge in [0.1, 0.15) is 6.10 Å². The fourth-order valence-corrected chi connectivity index (χ4v) is 1.46. The van der Waals surface area contributed by atoms with Crippen LogP contribution in [0.1, 0.15) is 6.92 Å². The molecule has 12 heteroatoms. The smallest absolute Gasteiger partial charge is 0.790 e. The molecule has 1 aliphatic heterocycles. The second-order valence-corrected chi connectivity index (χ2v) is 4.38. The molecule has 0 fully saturated rings. The molecular formula is C11H15NO9SZn. The van der Waals surface area contributed by atoms with Crippen LogP contribution in [-0.2, 0) is 51.2 Å². The SMILES string of the molecule is CC(=O)NC(C[S-])C(=O)[O-].O=C1OC(C(O)CO)C(O)=C1O.[Zn+2]. The summed E-state index contributed by atoms with van der Waals surface area (Å²) in [5.41, 5.74) is 0. The molecule has 126 valence electrons. The molecule has 1 rings (SSSR count). The third-order valence-corrected chi connectivity index (χ3v) is 2.64. The maximum absolute atomic E-state index is 10.5. The molecule has 0 aromatic rings. The number of ether oxygens (including phenoxy) is 1. The van der Waals surface area contributed by atoms with Crippen LogP contribution >= 0.6 is 0 Å². The molecule has 0 bridgehead atoms. The van der Waals surface area contributed by atoms with Crippen molar-refractivity contribution in [1.82, 2.24) is 5.32 Å². The van der Waals surface area contributed by atoms with Crippen molar-refractivity contribution in [3.05, 3.63) is 11.5 Å². The Morgan fingerprint density at radius 2 is 1.96 bits per heavy atom.